The fourth-order valence-electron chi connectivity index (χ4n) is 2.73. The molecule has 0 aliphatic heterocycles. The van der Waals surface area contributed by atoms with Crippen molar-refractivity contribution in [3.63, 3.8) is 0 Å². The van der Waals surface area contributed by atoms with Crippen LogP contribution in [0.4, 0.5) is 0 Å². The molecule has 0 amide bonds. The van der Waals surface area contributed by atoms with Crippen LogP contribution in [0.3, 0.4) is 0 Å². The van der Waals surface area contributed by atoms with Crippen LogP contribution in [0.15, 0.2) is 0 Å². The Hall–Kier alpha value is -0.0400. The van der Waals surface area contributed by atoms with Gasteiger partial charge in [-0.2, -0.15) is 0 Å². The third-order valence-corrected chi connectivity index (χ3v) is 4.06. The predicted molar refractivity (Wildman–Crippen MR) is 93.2 cm³/mol. The van der Waals surface area contributed by atoms with Crippen LogP contribution in [0.1, 0.15) is 99.3 Å². The summed E-state index contributed by atoms with van der Waals surface area (Å²) in [5.74, 6) is 2.84. The van der Waals surface area contributed by atoms with Gasteiger partial charge in [0.2, 0.25) is 0 Å². The zero-order valence-electron chi connectivity index (χ0n) is 15.3. The van der Waals surface area contributed by atoms with Crippen LogP contribution < -0.4 is 0 Å². The maximum atomic E-state index is 7.57. The van der Waals surface area contributed by atoms with Crippen molar-refractivity contribution in [3.8, 4) is 0 Å². The molecule has 1 N–H and O–H groups in total. The van der Waals surface area contributed by atoms with E-state index in [4.69, 9.17) is 5.11 Å². The van der Waals surface area contributed by atoms with E-state index >= 15 is 0 Å². The first-order chi connectivity index (χ1) is 9.51. The number of aliphatic hydroxyl groups excluding tert-OH is 1. The summed E-state index contributed by atoms with van der Waals surface area (Å²) in [5, 5.41) is 7.57. The van der Waals surface area contributed by atoms with Gasteiger partial charge in [0, 0.05) is 6.61 Å². The van der Waals surface area contributed by atoms with E-state index in [1.807, 2.05) is 0 Å². The lowest BCUT2D eigenvalue weighted by atomic mass is 9.90. The molecule has 0 radical (unpaired) electrons. The Bertz CT molecular complexity index is 165. The fraction of sp³-hybridized carbons (Fsp3) is 1.00. The van der Waals surface area contributed by atoms with E-state index in [1.54, 1.807) is 6.92 Å². The number of rotatable bonds is 11. The molecule has 0 rings (SSSR count). The van der Waals surface area contributed by atoms with Gasteiger partial charge in [-0.15, -0.1) is 0 Å². The second-order valence-electron chi connectivity index (χ2n) is 6.74. The predicted octanol–water partition coefficient (Wildman–Crippen LogP) is 6.44. The van der Waals surface area contributed by atoms with Gasteiger partial charge in [0.1, 0.15) is 0 Å². The van der Waals surface area contributed by atoms with E-state index in [-0.39, 0.29) is 6.61 Å². The van der Waals surface area contributed by atoms with Crippen molar-refractivity contribution < 1.29 is 5.11 Å². The van der Waals surface area contributed by atoms with Crippen molar-refractivity contribution in [1.29, 1.82) is 0 Å². The van der Waals surface area contributed by atoms with Crippen molar-refractivity contribution >= 4 is 0 Å². The van der Waals surface area contributed by atoms with Crippen LogP contribution in [-0.2, 0) is 0 Å². The molecular weight excluding hydrogens is 244 g/mol. The maximum absolute atomic E-state index is 7.57. The molecule has 0 saturated carbocycles. The number of hydrogen-bond donors (Lipinski definition) is 1. The Morgan fingerprint density at radius 2 is 1.25 bits per heavy atom. The molecule has 0 aromatic rings. The zero-order valence-corrected chi connectivity index (χ0v) is 15.3. The highest BCUT2D eigenvalue weighted by molar-refractivity contribution is 4.60. The van der Waals surface area contributed by atoms with E-state index in [9.17, 15) is 0 Å². The van der Waals surface area contributed by atoms with E-state index in [0.717, 1.165) is 17.8 Å². The van der Waals surface area contributed by atoms with Crippen molar-refractivity contribution in [1.82, 2.24) is 0 Å². The first kappa shape index (κ1) is 22.2. The van der Waals surface area contributed by atoms with Gasteiger partial charge in [-0.1, -0.05) is 92.4 Å². The molecule has 0 fully saturated rings. The van der Waals surface area contributed by atoms with Gasteiger partial charge in [0.15, 0.2) is 0 Å². The third kappa shape index (κ3) is 18.0. The Labute approximate surface area is 129 Å². The highest BCUT2D eigenvalue weighted by Crippen LogP contribution is 2.22. The highest BCUT2D eigenvalue weighted by atomic mass is 16.2. The average Bonchev–Trinajstić information content (AvgIpc) is 2.38. The summed E-state index contributed by atoms with van der Waals surface area (Å²) in [5.41, 5.74) is 0. The Balaban J connectivity index is 0. The zero-order chi connectivity index (χ0) is 15.8. The topological polar surface area (TPSA) is 20.2 Å². The van der Waals surface area contributed by atoms with Crippen molar-refractivity contribution in [2.24, 2.45) is 17.8 Å². The quantitative estimate of drug-likeness (QED) is 0.463. The second-order valence-corrected chi connectivity index (χ2v) is 6.74. The number of hydrogen-bond acceptors (Lipinski definition) is 1. The number of aliphatic hydroxyl groups is 1. The molecule has 0 bridgehead atoms. The summed E-state index contributed by atoms with van der Waals surface area (Å²) in [4.78, 5) is 0. The Kier molecular flexibility index (Phi) is 18.9. The van der Waals surface area contributed by atoms with Crippen molar-refractivity contribution in [2.75, 3.05) is 6.61 Å². The molecule has 2 atom stereocenters. The van der Waals surface area contributed by atoms with Crippen molar-refractivity contribution in [2.45, 2.75) is 99.3 Å². The van der Waals surface area contributed by atoms with Gasteiger partial charge in [-0.3, -0.25) is 0 Å². The average molecular weight is 287 g/mol. The molecule has 124 valence electrons. The molecule has 1 heteroatoms. The Morgan fingerprint density at radius 3 is 1.65 bits per heavy atom. The molecule has 1 nitrogen and oxygen atoms in total. The molecule has 0 aliphatic carbocycles. The molecule has 0 aromatic heterocycles. The first-order valence-corrected chi connectivity index (χ1v) is 9.12. The lowest BCUT2D eigenvalue weighted by molar-refractivity contribution is 0.318. The minimum absolute atomic E-state index is 0.250. The summed E-state index contributed by atoms with van der Waals surface area (Å²) in [7, 11) is 0. The van der Waals surface area contributed by atoms with Gasteiger partial charge in [0.05, 0.1) is 0 Å². The van der Waals surface area contributed by atoms with E-state index in [0.29, 0.717) is 0 Å². The minimum Gasteiger partial charge on any atom is -0.397 e. The van der Waals surface area contributed by atoms with Crippen LogP contribution >= 0.6 is 0 Å². The summed E-state index contributed by atoms with van der Waals surface area (Å²) in [6.45, 7) is 13.7. The standard InChI is InChI=1S/C17H36.C2H6O/c1-6-10-17(7-2)14-9-13-16(5)12-8-11-15(3)4;1-2-3/h15-17H,6-14H2,1-5H3;3H,2H2,1H3. The SMILES string of the molecule is CCCC(CC)CCCC(C)CCCC(C)C.CCO. The summed E-state index contributed by atoms with van der Waals surface area (Å²) in [6, 6.07) is 0. The van der Waals surface area contributed by atoms with Gasteiger partial charge < -0.3 is 5.11 Å². The molecule has 0 spiro atoms. The molecule has 2 unspecified atom stereocenters. The lowest BCUT2D eigenvalue weighted by Gasteiger charge is -2.16. The fourth-order valence-corrected chi connectivity index (χ4v) is 2.73. The van der Waals surface area contributed by atoms with Crippen LogP contribution in [0.2, 0.25) is 0 Å². The Morgan fingerprint density at radius 1 is 0.750 bits per heavy atom. The molecule has 0 aliphatic rings. The molecule has 20 heavy (non-hydrogen) atoms. The normalized spacial score (nSPS) is 13.8. The smallest absolute Gasteiger partial charge is 0.0402 e. The van der Waals surface area contributed by atoms with E-state index in [2.05, 4.69) is 34.6 Å². The highest BCUT2D eigenvalue weighted by Gasteiger charge is 2.07. The largest absolute Gasteiger partial charge is 0.397 e. The van der Waals surface area contributed by atoms with Crippen LogP contribution in [-0.4, -0.2) is 11.7 Å². The van der Waals surface area contributed by atoms with Crippen LogP contribution in [0.5, 0.6) is 0 Å². The van der Waals surface area contributed by atoms with Crippen LogP contribution in [0, 0.1) is 17.8 Å². The van der Waals surface area contributed by atoms with E-state index < -0.39 is 0 Å². The minimum atomic E-state index is 0.250. The molecule has 0 saturated heterocycles. The van der Waals surface area contributed by atoms with Crippen LogP contribution in [0.25, 0.3) is 0 Å². The molecular formula is C19H42O. The van der Waals surface area contributed by atoms with Gasteiger partial charge >= 0.3 is 0 Å². The van der Waals surface area contributed by atoms with Gasteiger partial charge in [0.25, 0.3) is 0 Å². The monoisotopic (exact) mass is 286 g/mol. The van der Waals surface area contributed by atoms with Gasteiger partial charge in [-0.25, -0.2) is 0 Å². The summed E-state index contributed by atoms with van der Waals surface area (Å²) >= 11 is 0. The third-order valence-electron chi connectivity index (χ3n) is 4.06. The molecule has 0 heterocycles. The van der Waals surface area contributed by atoms with E-state index in [1.165, 1.54) is 57.8 Å². The van der Waals surface area contributed by atoms with Gasteiger partial charge in [-0.05, 0) is 24.7 Å². The molecule has 0 aromatic carbocycles. The summed E-state index contributed by atoms with van der Waals surface area (Å²) < 4.78 is 0. The second kappa shape index (κ2) is 17.0. The lowest BCUT2D eigenvalue weighted by Crippen LogP contribution is -2.01. The first-order valence-electron chi connectivity index (χ1n) is 9.12. The maximum Gasteiger partial charge on any atom is 0.0402 e. The van der Waals surface area contributed by atoms with Crippen molar-refractivity contribution in [3.05, 3.63) is 0 Å². The summed E-state index contributed by atoms with van der Waals surface area (Å²) in [6.07, 6.45) is 12.9.